The molecule has 0 amide bonds. The third kappa shape index (κ3) is 3.65. The summed E-state index contributed by atoms with van der Waals surface area (Å²) in [5.74, 6) is 1.65. The largest absolute Gasteiger partial charge is 0.504 e. The van der Waals surface area contributed by atoms with Gasteiger partial charge in [-0.15, -0.1) is 0 Å². The zero-order valence-corrected chi connectivity index (χ0v) is 15.6. The summed E-state index contributed by atoms with van der Waals surface area (Å²) in [5, 5.41) is 22.6. The molecule has 2 heterocycles. The van der Waals surface area contributed by atoms with Gasteiger partial charge in [0.2, 0.25) is 11.7 Å². The van der Waals surface area contributed by atoms with Gasteiger partial charge in [-0.1, -0.05) is 0 Å². The lowest BCUT2D eigenvalue weighted by atomic mass is 10.2. The van der Waals surface area contributed by atoms with E-state index in [9.17, 15) is 10.2 Å². The Morgan fingerprint density at radius 1 is 1.11 bits per heavy atom. The Bertz CT molecular complexity index is 969. The first kappa shape index (κ1) is 18.5. The number of aryl methyl sites for hydroxylation is 2. The van der Waals surface area contributed by atoms with Crippen LogP contribution < -0.4 is 14.8 Å². The molecule has 0 spiro atoms. The minimum Gasteiger partial charge on any atom is -0.504 e. The second-order valence-electron chi connectivity index (χ2n) is 6.09. The minimum absolute atomic E-state index is 0.0288. The third-order valence-corrected chi connectivity index (χ3v) is 4.21. The van der Waals surface area contributed by atoms with Crippen LogP contribution in [0.5, 0.6) is 17.2 Å². The Labute approximate surface area is 157 Å². The number of aromatic nitrogens is 3. The number of phenols is 1. The van der Waals surface area contributed by atoms with Crippen LogP contribution in [0.2, 0.25) is 0 Å². The predicted octanol–water partition coefficient (Wildman–Crippen LogP) is 2.84. The van der Waals surface area contributed by atoms with Crippen LogP contribution in [0, 0.1) is 13.8 Å². The molecule has 3 rings (SSSR count). The number of aromatic hydroxyl groups is 1. The molecule has 8 heteroatoms. The summed E-state index contributed by atoms with van der Waals surface area (Å²) in [7, 11) is 2.95. The SMILES string of the molecule is COc1cc(Nc2ncc(C)c(-n3cc(C)c(CO)c3)n2)cc(O)c1OC. The van der Waals surface area contributed by atoms with E-state index in [2.05, 4.69) is 15.3 Å². The maximum Gasteiger partial charge on any atom is 0.229 e. The predicted molar refractivity (Wildman–Crippen MR) is 101 cm³/mol. The van der Waals surface area contributed by atoms with Crippen molar-refractivity contribution in [2.75, 3.05) is 19.5 Å². The number of hydrogen-bond acceptors (Lipinski definition) is 7. The average Bonchev–Trinajstić information content (AvgIpc) is 3.03. The van der Waals surface area contributed by atoms with Crippen molar-refractivity contribution in [1.82, 2.24) is 14.5 Å². The second kappa shape index (κ2) is 7.55. The molecule has 3 aromatic rings. The fraction of sp³-hybridized carbons (Fsp3) is 0.263. The molecule has 0 aliphatic rings. The number of aliphatic hydroxyl groups is 1. The van der Waals surface area contributed by atoms with Crippen LogP contribution in [0.1, 0.15) is 16.7 Å². The first-order valence-electron chi connectivity index (χ1n) is 8.31. The van der Waals surface area contributed by atoms with Crippen LogP contribution >= 0.6 is 0 Å². The molecule has 0 bridgehead atoms. The normalized spacial score (nSPS) is 10.7. The number of nitrogens with one attached hydrogen (secondary N) is 1. The van der Waals surface area contributed by atoms with E-state index in [1.807, 2.05) is 30.8 Å². The maximum atomic E-state index is 10.1. The Kier molecular flexibility index (Phi) is 5.18. The zero-order chi connectivity index (χ0) is 19.6. The zero-order valence-electron chi connectivity index (χ0n) is 15.6. The highest BCUT2D eigenvalue weighted by atomic mass is 16.5. The highest BCUT2D eigenvalue weighted by Gasteiger charge is 2.14. The summed E-state index contributed by atoms with van der Waals surface area (Å²) in [6.45, 7) is 3.82. The number of hydrogen-bond donors (Lipinski definition) is 3. The van der Waals surface area contributed by atoms with Crippen LogP contribution in [0.4, 0.5) is 11.6 Å². The Hall–Kier alpha value is -3.26. The molecule has 0 unspecified atom stereocenters. The van der Waals surface area contributed by atoms with E-state index in [1.165, 1.54) is 20.3 Å². The second-order valence-corrected chi connectivity index (χ2v) is 6.09. The van der Waals surface area contributed by atoms with Crippen molar-refractivity contribution in [2.45, 2.75) is 20.5 Å². The van der Waals surface area contributed by atoms with Gasteiger partial charge in [0.25, 0.3) is 0 Å². The maximum absolute atomic E-state index is 10.1. The molecule has 0 aliphatic heterocycles. The van der Waals surface area contributed by atoms with Crippen molar-refractivity contribution in [3.63, 3.8) is 0 Å². The molecule has 0 fully saturated rings. The lowest BCUT2D eigenvalue weighted by molar-refractivity contribution is 0.281. The number of benzene rings is 1. The number of ether oxygens (including phenoxy) is 2. The first-order valence-corrected chi connectivity index (χ1v) is 8.31. The Morgan fingerprint density at radius 2 is 1.89 bits per heavy atom. The molecule has 3 N–H and O–H groups in total. The van der Waals surface area contributed by atoms with Gasteiger partial charge in [-0.25, -0.2) is 4.98 Å². The topological polar surface area (TPSA) is 102 Å². The summed E-state index contributed by atoms with van der Waals surface area (Å²) in [4.78, 5) is 8.86. The van der Waals surface area contributed by atoms with Crippen LogP contribution in [0.25, 0.3) is 5.82 Å². The lowest BCUT2D eigenvalue weighted by Crippen LogP contribution is -2.04. The van der Waals surface area contributed by atoms with E-state index < -0.39 is 0 Å². The van der Waals surface area contributed by atoms with Gasteiger partial charge in [-0.3, -0.25) is 0 Å². The van der Waals surface area contributed by atoms with Crippen molar-refractivity contribution in [3.8, 4) is 23.1 Å². The summed E-state index contributed by atoms with van der Waals surface area (Å²) in [5.41, 5.74) is 3.26. The summed E-state index contributed by atoms with van der Waals surface area (Å²) in [6.07, 6.45) is 5.46. The first-order chi connectivity index (χ1) is 13.0. The summed E-state index contributed by atoms with van der Waals surface area (Å²) < 4.78 is 12.2. The van der Waals surface area contributed by atoms with Gasteiger partial charge in [0.15, 0.2) is 11.5 Å². The van der Waals surface area contributed by atoms with Gasteiger partial charge >= 0.3 is 0 Å². The van der Waals surface area contributed by atoms with Gasteiger partial charge in [0.05, 0.1) is 20.8 Å². The molecule has 142 valence electrons. The number of anilines is 2. The van der Waals surface area contributed by atoms with E-state index in [1.54, 1.807) is 12.3 Å². The average molecular weight is 370 g/mol. The molecular weight excluding hydrogens is 348 g/mol. The fourth-order valence-corrected chi connectivity index (χ4v) is 2.79. The monoisotopic (exact) mass is 370 g/mol. The molecule has 0 saturated heterocycles. The van der Waals surface area contributed by atoms with Gasteiger partial charge < -0.3 is 29.6 Å². The van der Waals surface area contributed by atoms with E-state index in [0.29, 0.717) is 23.2 Å². The third-order valence-electron chi connectivity index (χ3n) is 4.21. The number of aliphatic hydroxyl groups excluding tert-OH is 1. The van der Waals surface area contributed by atoms with Crippen LogP contribution in [0.3, 0.4) is 0 Å². The van der Waals surface area contributed by atoms with Gasteiger partial charge in [0, 0.05) is 42.0 Å². The highest BCUT2D eigenvalue weighted by Crippen LogP contribution is 2.39. The summed E-state index contributed by atoms with van der Waals surface area (Å²) >= 11 is 0. The van der Waals surface area contributed by atoms with E-state index in [-0.39, 0.29) is 18.1 Å². The molecular formula is C19H22N4O4. The van der Waals surface area contributed by atoms with Crippen LogP contribution in [-0.2, 0) is 6.61 Å². The molecule has 1 aromatic carbocycles. The minimum atomic E-state index is -0.0553. The molecule has 27 heavy (non-hydrogen) atoms. The van der Waals surface area contributed by atoms with Crippen molar-refractivity contribution >= 4 is 11.6 Å². The van der Waals surface area contributed by atoms with Crippen molar-refractivity contribution < 1.29 is 19.7 Å². The molecule has 0 radical (unpaired) electrons. The van der Waals surface area contributed by atoms with E-state index in [4.69, 9.17) is 9.47 Å². The van der Waals surface area contributed by atoms with Crippen molar-refractivity contribution in [2.24, 2.45) is 0 Å². The lowest BCUT2D eigenvalue weighted by Gasteiger charge is -2.13. The highest BCUT2D eigenvalue weighted by molar-refractivity contribution is 5.65. The smallest absolute Gasteiger partial charge is 0.229 e. The molecule has 0 atom stereocenters. The van der Waals surface area contributed by atoms with Gasteiger partial charge in [0.1, 0.15) is 5.82 Å². The van der Waals surface area contributed by atoms with Gasteiger partial charge in [-0.05, 0) is 25.0 Å². The van der Waals surface area contributed by atoms with Crippen LogP contribution in [0.15, 0.2) is 30.7 Å². The standard InChI is InChI=1S/C19H22N4O4/c1-11-7-20-19(22-18(11)23-8-12(2)13(9-23)10-24)21-14-5-15(25)17(27-4)16(6-14)26-3/h5-9,24-25H,10H2,1-4H3,(H,20,21,22). The van der Waals surface area contributed by atoms with Crippen LogP contribution in [-0.4, -0.2) is 39.0 Å². The molecule has 0 saturated carbocycles. The number of rotatable bonds is 6. The van der Waals surface area contributed by atoms with E-state index >= 15 is 0 Å². The van der Waals surface area contributed by atoms with Gasteiger partial charge in [-0.2, -0.15) is 4.98 Å². The Morgan fingerprint density at radius 3 is 2.52 bits per heavy atom. The summed E-state index contributed by atoms with van der Waals surface area (Å²) in [6, 6.07) is 3.19. The van der Waals surface area contributed by atoms with Crippen molar-refractivity contribution in [3.05, 3.63) is 47.4 Å². The molecule has 2 aromatic heterocycles. The van der Waals surface area contributed by atoms with E-state index in [0.717, 1.165) is 16.7 Å². The fourth-order valence-electron chi connectivity index (χ4n) is 2.79. The van der Waals surface area contributed by atoms with Crippen molar-refractivity contribution in [1.29, 1.82) is 0 Å². The Balaban J connectivity index is 1.96. The number of methoxy groups -OCH3 is 2. The molecule has 8 nitrogen and oxygen atoms in total. The molecule has 0 aliphatic carbocycles. The number of phenolic OH excluding ortho intramolecular Hbond substituents is 1. The quantitative estimate of drug-likeness (QED) is 0.613. The number of nitrogens with zero attached hydrogens (tertiary/aromatic N) is 3.